The second kappa shape index (κ2) is 10.3. The summed E-state index contributed by atoms with van der Waals surface area (Å²) in [5.74, 6) is -0.717. The molecule has 8 nitrogen and oxygen atoms in total. The first-order valence-electron chi connectivity index (χ1n) is 11.0. The van der Waals surface area contributed by atoms with Gasteiger partial charge in [0.25, 0.3) is 5.91 Å². The summed E-state index contributed by atoms with van der Waals surface area (Å²) in [6.45, 7) is 2.03. The van der Waals surface area contributed by atoms with Gasteiger partial charge in [0.15, 0.2) is 0 Å². The van der Waals surface area contributed by atoms with Gasteiger partial charge < -0.3 is 10.1 Å². The molecular weight excluding hydrogens is 498 g/mol. The van der Waals surface area contributed by atoms with E-state index in [0.717, 1.165) is 32.6 Å². The molecule has 0 atom stereocenters. The monoisotopic (exact) mass is 517 g/mol. The molecule has 3 aromatic heterocycles. The van der Waals surface area contributed by atoms with Crippen LogP contribution in [0.15, 0.2) is 66.3 Å². The zero-order chi connectivity index (χ0) is 25.1. The van der Waals surface area contributed by atoms with Gasteiger partial charge in [0, 0.05) is 28.1 Å². The molecule has 2 aromatic carbocycles. The topological polar surface area (TPSA) is 110 Å². The molecule has 0 aliphatic heterocycles. The van der Waals surface area contributed by atoms with Gasteiger partial charge in [0.05, 0.1) is 28.8 Å². The Hall–Kier alpha value is -4.08. The van der Waals surface area contributed by atoms with Crippen LogP contribution in [-0.4, -0.2) is 32.0 Å². The van der Waals surface area contributed by atoms with Gasteiger partial charge in [0.1, 0.15) is 17.5 Å². The van der Waals surface area contributed by atoms with Gasteiger partial charge in [-0.3, -0.25) is 14.7 Å². The minimum absolute atomic E-state index is 0.0222. The van der Waals surface area contributed by atoms with Gasteiger partial charge in [-0.2, -0.15) is 5.10 Å². The van der Waals surface area contributed by atoms with E-state index in [9.17, 15) is 9.59 Å². The van der Waals surface area contributed by atoms with E-state index < -0.39 is 5.97 Å². The van der Waals surface area contributed by atoms with Crippen molar-refractivity contribution in [1.29, 1.82) is 0 Å². The third kappa shape index (κ3) is 5.27. The number of hydrogen-bond acceptors (Lipinski definition) is 7. The first-order valence-corrected chi connectivity index (χ1v) is 12.3. The number of carbonyl (C=O) groups is 2. The number of thiazole rings is 1. The lowest BCUT2D eigenvalue weighted by atomic mass is 10.0. The molecule has 0 aliphatic rings. The van der Waals surface area contributed by atoms with Crippen molar-refractivity contribution in [2.24, 2.45) is 0 Å². The standard InChI is InChI=1S/C26H20ClN5O3S/c1-15-30-23(14-36-15)26(34)31-21-8-17(9-22-20(21)12-29-32-22)19-7-18(25(27)28-11-19)10-24(33)35-13-16-5-3-2-4-6-16/h2-9,11-12,14H,10,13H2,1H3,(H,29,32)(H,31,34). The fourth-order valence-corrected chi connectivity index (χ4v) is 4.46. The van der Waals surface area contributed by atoms with Crippen LogP contribution in [-0.2, 0) is 22.6 Å². The second-order valence-corrected chi connectivity index (χ2v) is 9.48. The lowest BCUT2D eigenvalue weighted by molar-refractivity contribution is -0.144. The largest absolute Gasteiger partial charge is 0.461 e. The number of nitrogens with zero attached hydrogens (tertiary/aromatic N) is 3. The maximum absolute atomic E-state index is 12.7. The molecule has 0 spiro atoms. The van der Waals surface area contributed by atoms with Crippen molar-refractivity contribution in [3.8, 4) is 11.1 Å². The number of pyridine rings is 1. The molecule has 0 radical (unpaired) electrons. The number of ether oxygens (including phenoxy) is 1. The number of nitrogens with one attached hydrogen (secondary N) is 2. The Kier molecular flexibility index (Phi) is 6.75. The second-order valence-electron chi connectivity index (χ2n) is 8.06. The number of fused-ring (bicyclic) bond motifs is 1. The molecule has 2 N–H and O–H groups in total. The van der Waals surface area contributed by atoms with Gasteiger partial charge in [-0.25, -0.2) is 9.97 Å². The normalized spacial score (nSPS) is 10.9. The molecule has 3 heterocycles. The van der Waals surface area contributed by atoms with Crippen LogP contribution in [0.5, 0.6) is 0 Å². The van der Waals surface area contributed by atoms with E-state index in [1.165, 1.54) is 11.3 Å². The van der Waals surface area contributed by atoms with E-state index in [1.807, 2.05) is 49.4 Å². The number of halogens is 1. The third-order valence-electron chi connectivity index (χ3n) is 5.48. The van der Waals surface area contributed by atoms with Gasteiger partial charge in [-0.1, -0.05) is 41.9 Å². The van der Waals surface area contributed by atoms with E-state index >= 15 is 0 Å². The molecule has 0 saturated carbocycles. The number of amides is 1. The van der Waals surface area contributed by atoms with E-state index in [-0.39, 0.29) is 24.1 Å². The summed E-state index contributed by atoms with van der Waals surface area (Å²) in [7, 11) is 0. The van der Waals surface area contributed by atoms with Crippen LogP contribution in [0.2, 0.25) is 5.15 Å². The Labute approximate surface area is 215 Å². The molecule has 1 amide bonds. The van der Waals surface area contributed by atoms with Crippen LogP contribution in [0.3, 0.4) is 0 Å². The molecule has 0 fully saturated rings. The van der Waals surface area contributed by atoms with Crippen LogP contribution in [0, 0.1) is 6.92 Å². The zero-order valence-corrected chi connectivity index (χ0v) is 20.7. The smallest absolute Gasteiger partial charge is 0.310 e. The molecule has 0 aliphatic carbocycles. The van der Waals surface area contributed by atoms with Crippen molar-refractivity contribution in [2.45, 2.75) is 20.0 Å². The summed E-state index contributed by atoms with van der Waals surface area (Å²) < 4.78 is 5.40. The van der Waals surface area contributed by atoms with E-state index in [2.05, 4.69) is 25.5 Å². The SMILES string of the molecule is Cc1nc(C(=O)Nc2cc(-c3cnc(Cl)c(CC(=O)OCc4ccccc4)c3)cc3[nH]ncc23)cs1. The highest BCUT2D eigenvalue weighted by Gasteiger charge is 2.16. The van der Waals surface area contributed by atoms with Crippen molar-refractivity contribution in [3.63, 3.8) is 0 Å². The molecule has 180 valence electrons. The summed E-state index contributed by atoms with van der Waals surface area (Å²) in [5.41, 5.74) is 4.59. The lowest BCUT2D eigenvalue weighted by Gasteiger charge is -2.11. The number of rotatable bonds is 7. The number of hydrogen-bond donors (Lipinski definition) is 2. The van der Waals surface area contributed by atoms with Crippen LogP contribution in [0.4, 0.5) is 5.69 Å². The highest BCUT2D eigenvalue weighted by atomic mass is 35.5. The van der Waals surface area contributed by atoms with Gasteiger partial charge in [-0.05, 0) is 36.2 Å². The van der Waals surface area contributed by atoms with Gasteiger partial charge in [-0.15, -0.1) is 11.3 Å². The number of aromatic amines is 1. The van der Waals surface area contributed by atoms with Crippen LogP contribution in [0.25, 0.3) is 22.0 Å². The van der Waals surface area contributed by atoms with Crippen LogP contribution < -0.4 is 5.32 Å². The molecule has 0 saturated heterocycles. The van der Waals surface area contributed by atoms with Gasteiger partial charge in [0.2, 0.25) is 0 Å². The minimum Gasteiger partial charge on any atom is -0.461 e. The first-order chi connectivity index (χ1) is 17.5. The number of carbonyl (C=O) groups excluding carboxylic acids is 2. The highest BCUT2D eigenvalue weighted by Crippen LogP contribution is 2.31. The summed E-state index contributed by atoms with van der Waals surface area (Å²) in [4.78, 5) is 33.7. The third-order valence-corrected chi connectivity index (χ3v) is 6.59. The Balaban J connectivity index is 1.39. The predicted molar refractivity (Wildman–Crippen MR) is 139 cm³/mol. The number of aromatic nitrogens is 4. The fraction of sp³-hybridized carbons (Fsp3) is 0.115. The van der Waals surface area contributed by atoms with E-state index in [1.54, 1.807) is 23.8 Å². The summed E-state index contributed by atoms with van der Waals surface area (Å²) in [6, 6.07) is 15.0. The summed E-state index contributed by atoms with van der Waals surface area (Å²) in [5, 5.41) is 13.5. The summed E-state index contributed by atoms with van der Waals surface area (Å²) in [6.07, 6.45) is 3.24. The maximum atomic E-state index is 12.7. The fourth-order valence-electron chi connectivity index (χ4n) is 3.70. The zero-order valence-electron chi connectivity index (χ0n) is 19.1. The van der Waals surface area contributed by atoms with Gasteiger partial charge >= 0.3 is 5.97 Å². The minimum atomic E-state index is -0.407. The van der Waals surface area contributed by atoms with E-state index in [0.29, 0.717) is 16.9 Å². The van der Waals surface area contributed by atoms with Crippen LogP contribution in [0.1, 0.15) is 26.6 Å². The molecule has 0 bridgehead atoms. The van der Waals surface area contributed by atoms with Crippen LogP contribution >= 0.6 is 22.9 Å². The average Bonchev–Trinajstić information content (AvgIpc) is 3.54. The number of esters is 1. The first kappa shape index (κ1) is 23.7. The lowest BCUT2D eigenvalue weighted by Crippen LogP contribution is -2.12. The molecular formula is C26H20ClN5O3S. The van der Waals surface area contributed by atoms with Crippen molar-refractivity contribution in [2.75, 3.05) is 5.32 Å². The van der Waals surface area contributed by atoms with Crippen molar-refractivity contribution in [3.05, 3.63) is 93.3 Å². The Bertz CT molecular complexity index is 1560. The quantitative estimate of drug-likeness (QED) is 0.215. The Morgan fingerprint density at radius 2 is 1.94 bits per heavy atom. The Morgan fingerprint density at radius 1 is 1.11 bits per heavy atom. The van der Waals surface area contributed by atoms with E-state index in [4.69, 9.17) is 16.3 Å². The molecule has 0 unspecified atom stereocenters. The highest BCUT2D eigenvalue weighted by molar-refractivity contribution is 7.09. The maximum Gasteiger partial charge on any atom is 0.310 e. The number of benzene rings is 2. The number of H-pyrrole nitrogens is 1. The average molecular weight is 518 g/mol. The van der Waals surface area contributed by atoms with Crippen molar-refractivity contribution in [1.82, 2.24) is 20.2 Å². The molecule has 36 heavy (non-hydrogen) atoms. The molecule has 5 aromatic rings. The predicted octanol–water partition coefficient (Wildman–Crippen LogP) is 5.58. The van der Waals surface area contributed by atoms with Crippen molar-refractivity contribution < 1.29 is 14.3 Å². The number of anilines is 1. The Morgan fingerprint density at radius 3 is 2.72 bits per heavy atom. The number of aryl methyl sites for hydroxylation is 1. The van der Waals surface area contributed by atoms with Crippen molar-refractivity contribution >= 4 is 51.4 Å². The summed E-state index contributed by atoms with van der Waals surface area (Å²) >= 11 is 7.70. The molecule has 10 heteroatoms. The molecule has 5 rings (SSSR count).